The maximum absolute atomic E-state index is 10.9. The summed E-state index contributed by atoms with van der Waals surface area (Å²) in [5.41, 5.74) is 0.852. The van der Waals surface area contributed by atoms with Gasteiger partial charge in [0.1, 0.15) is 0 Å². The third kappa shape index (κ3) is 4.12. The minimum Gasteiger partial charge on any atom is -0.487 e. The van der Waals surface area contributed by atoms with Crippen LogP contribution in [0.25, 0.3) is 0 Å². The molecular weight excluding hydrogens is 244 g/mol. The number of rotatable bonds is 7. The second-order valence-corrected chi connectivity index (χ2v) is 4.69. The van der Waals surface area contributed by atoms with Crippen LogP contribution in [0.15, 0.2) is 18.2 Å². The monoisotopic (exact) mass is 266 g/mol. The van der Waals surface area contributed by atoms with Crippen LogP contribution in [0.3, 0.4) is 0 Å². The highest BCUT2D eigenvalue weighted by atomic mass is 16.6. The molecule has 19 heavy (non-hydrogen) atoms. The van der Waals surface area contributed by atoms with Gasteiger partial charge in [0.2, 0.25) is 0 Å². The van der Waals surface area contributed by atoms with Crippen LogP contribution < -0.4 is 10.1 Å². The van der Waals surface area contributed by atoms with Gasteiger partial charge in [-0.05, 0) is 25.8 Å². The predicted octanol–water partition coefficient (Wildman–Crippen LogP) is 3.84. The SMILES string of the molecule is CCOc1cc(NC(C)C(C)CC)ccc1[N+](=O)[O-]. The van der Waals surface area contributed by atoms with Crippen molar-refractivity contribution in [3.05, 3.63) is 28.3 Å². The van der Waals surface area contributed by atoms with Crippen molar-refractivity contribution in [1.82, 2.24) is 0 Å². The van der Waals surface area contributed by atoms with Crippen molar-refractivity contribution in [3.8, 4) is 5.75 Å². The van der Waals surface area contributed by atoms with E-state index in [2.05, 4.69) is 26.1 Å². The fourth-order valence-electron chi connectivity index (χ4n) is 1.78. The van der Waals surface area contributed by atoms with Gasteiger partial charge in [-0.1, -0.05) is 20.3 Å². The van der Waals surface area contributed by atoms with Crippen LogP contribution in [0.2, 0.25) is 0 Å². The molecule has 0 aliphatic rings. The maximum Gasteiger partial charge on any atom is 0.311 e. The molecule has 0 aliphatic carbocycles. The minimum atomic E-state index is -0.424. The summed E-state index contributed by atoms with van der Waals surface area (Å²) < 4.78 is 5.33. The molecule has 106 valence electrons. The summed E-state index contributed by atoms with van der Waals surface area (Å²) in [6.07, 6.45) is 1.08. The minimum absolute atomic E-state index is 0.00333. The zero-order valence-corrected chi connectivity index (χ0v) is 12.0. The van der Waals surface area contributed by atoms with E-state index in [4.69, 9.17) is 4.74 Å². The average molecular weight is 266 g/mol. The first kappa shape index (κ1) is 15.3. The number of anilines is 1. The summed E-state index contributed by atoms with van der Waals surface area (Å²) in [6, 6.07) is 5.21. The number of nitrogens with one attached hydrogen (secondary N) is 1. The average Bonchev–Trinajstić information content (AvgIpc) is 2.38. The summed E-state index contributed by atoms with van der Waals surface area (Å²) in [6.45, 7) is 8.64. The first-order valence-electron chi connectivity index (χ1n) is 6.67. The van der Waals surface area contributed by atoms with E-state index >= 15 is 0 Å². The van der Waals surface area contributed by atoms with Crippen molar-refractivity contribution in [2.75, 3.05) is 11.9 Å². The van der Waals surface area contributed by atoms with Crippen LogP contribution in [0.1, 0.15) is 34.1 Å². The molecular formula is C14H22N2O3. The van der Waals surface area contributed by atoms with Crippen molar-refractivity contribution in [1.29, 1.82) is 0 Å². The lowest BCUT2D eigenvalue weighted by atomic mass is 10.0. The highest BCUT2D eigenvalue weighted by Crippen LogP contribution is 2.30. The number of nitro benzene ring substituents is 1. The molecule has 1 N–H and O–H groups in total. The van der Waals surface area contributed by atoms with Crippen molar-refractivity contribution in [2.45, 2.75) is 40.2 Å². The topological polar surface area (TPSA) is 64.4 Å². The smallest absolute Gasteiger partial charge is 0.311 e. The van der Waals surface area contributed by atoms with Crippen LogP contribution in [-0.4, -0.2) is 17.6 Å². The maximum atomic E-state index is 10.9. The van der Waals surface area contributed by atoms with Gasteiger partial charge in [-0.2, -0.15) is 0 Å². The molecule has 0 aliphatic heterocycles. The summed E-state index contributed by atoms with van der Waals surface area (Å²) in [7, 11) is 0. The van der Waals surface area contributed by atoms with Gasteiger partial charge in [0, 0.05) is 23.9 Å². The Morgan fingerprint density at radius 1 is 1.37 bits per heavy atom. The van der Waals surface area contributed by atoms with Gasteiger partial charge in [-0.15, -0.1) is 0 Å². The molecule has 0 spiro atoms. The third-order valence-corrected chi connectivity index (χ3v) is 3.35. The Bertz CT molecular complexity index is 435. The van der Waals surface area contributed by atoms with Gasteiger partial charge in [0.25, 0.3) is 0 Å². The summed E-state index contributed by atoms with van der Waals surface area (Å²) in [5, 5.41) is 14.2. The van der Waals surface area contributed by atoms with Crippen LogP contribution in [0.5, 0.6) is 5.75 Å². The highest BCUT2D eigenvalue weighted by molar-refractivity contribution is 5.58. The number of hydrogen-bond donors (Lipinski definition) is 1. The highest BCUT2D eigenvalue weighted by Gasteiger charge is 2.17. The number of benzene rings is 1. The first-order chi connectivity index (χ1) is 8.99. The fourth-order valence-corrected chi connectivity index (χ4v) is 1.78. The number of ether oxygens (including phenoxy) is 1. The van der Waals surface area contributed by atoms with E-state index in [-0.39, 0.29) is 5.69 Å². The molecule has 2 unspecified atom stereocenters. The predicted molar refractivity (Wildman–Crippen MR) is 76.8 cm³/mol. The second kappa shape index (κ2) is 6.97. The zero-order valence-electron chi connectivity index (χ0n) is 12.0. The number of nitrogens with zero attached hydrogens (tertiary/aromatic N) is 1. The van der Waals surface area contributed by atoms with E-state index in [0.29, 0.717) is 24.3 Å². The van der Waals surface area contributed by atoms with E-state index < -0.39 is 4.92 Å². The van der Waals surface area contributed by atoms with Crippen LogP contribution >= 0.6 is 0 Å². The lowest BCUT2D eigenvalue weighted by molar-refractivity contribution is -0.385. The molecule has 1 aromatic rings. The molecule has 0 radical (unpaired) electrons. The van der Waals surface area contributed by atoms with Crippen LogP contribution in [0, 0.1) is 16.0 Å². The number of nitro groups is 1. The molecule has 0 amide bonds. The normalized spacial score (nSPS) is 13.7. The molecule has 0 fully saturated rings. The van der Waals surface area contributed by atoms with Gasteiger partial charge in [-0.3, -0.25) is 10.1 Å². The van der Waals surface area contributed by atoms with E-state index in [9.17, 15) is 10.1 Å². The Kier molecular flexibility index (Phi) is 5.60. The molecule has 1 rings (SSSR count). The molecule has 0 heterocycles. The first-order valence-corrected chi connectivity index (χ1v) is 6.67. The standard InChI is InChI=1S/C14H22N2O3/c1-5-10(3)11(4)15-12-7-8-13(16(17)18)14(9-12)19-6-2/h7-11,15H,5-6H2,1-4H3. The van der Waals surface area contributed by atoms with E-state index in [0.717, 1.165) is 12.1 Å². The second-order valence-electron chi connectivity index (χ2n) is 4.69. The fraction of sp³-hybridized carbons (Fsp3) is 0.571. The van der Waals surface area contributed by atoms with Crippen LogP contribution in [0.4, 0.5) is 11.4 Å². The Morgan fingerprint density at radius 3 is 2.58 bits per heavy atom. The zero-order chi connectivity index (χ0) is 14.4. The van der Waals surface area contributed by atoms with Crippen molar-refractivity contribution in [2.24, 2.45) is 5.92 Å². The quantitative estimate of drug-likeness (QED) is 0.601. The van der Waals surface area contributed by atoms with Crippen LogP contribution in [-0.2, 0) is 0 Å². The van der Waals surface area contributed by atoms with Crippen molar-refractivity contribution < 1.29 is 9.66 Å². The molecule has 5 heteroatoms. The van der Waals surface area contributed by atoms with Gasteiger partial charge in [0.15, 0.2) is 5.75 Å². The van der Waals surface area contributed by atoms with Crippen molar-refractivity contribution in [3.63, 3.8) is 0 Å². The molecule has 5 nitrogen and oxygen atoms in total. The van der Waals surface area contributed by atoms with E-state index in [1.165, 1.54) is 6.07 Å². The largest absolute Gasteiger partial charge is 0.487 e. The molecule has 1 aromatic carbocycles. The van der Waals surface area contributed by atoms with Gasteiger partial charge in [0.05, 0.1) is 11.5 Å². The van der Waals surface area contributed by atoms with E-state index in [1.54, 1.807) is 12.1 Å². The molecule has 0 saturated heterocycles. The lowest BCUT2D eigenvalue weighted by Gasteiger charge is -2.21. The summed E-state index contributed by atoms with van der Waals surface area (Å²) in [4.78, 5) is 10.5. The van der Waals surface area contributed by atoms with Crippen molar-refractivity contribution >= 4 is 11.4 Å². The van der Waals surface area contributed by atoms with E-state index in [1.807, 2.05) is 6.92 Å². The van der Waals surface area contributed by atoms with Gasteiger partial charge in [-0.25, -0.2) is 0 Å². The molecule has 0 aromatic heterocycles. The Balaban J connectivity index is 2.92. The molecule has 0 bridgehead atoms. The Labute approximate surface area is 114 Å². The molecule has 0 saturated carbocycles. The Hall–Kier alpha value is -1.78. The van der Waals surface area contributed by atoms with Gasteiger partial charge < -0.3 is 10.1 Å². The molecule has 2 atom stereocenters. The lowest BCUT2D eigenvalue weighted by Crippen LogP contribution is -2.23. The van der Waals surface area contributed by atoms with Gasteiger partial charge >= 0.3 is 5.69 Å². The third-order valence-electron chi connectivity index (χ3n) is 3.35. The Morgan fingerprint density at radius 2 is 2.05 bits per heavy atom. The summed E-state index contributed by atoms with van der Waals surface area (Å²) >= 11 is 0. The number of hydrogen-bond acceptors (Lipinski definition) is 4. The summed E-state index contributed by atoms with van der Waals surface area (Å²) in [5.74, 6) is 0.847.